The molecule has 2 N–H and O–H groups in total. The summed E-state index contributed by atoms with van der Waals surface area (Å²) >= 11 is 0. The Bertz CT molecular complexity index is 987. The zero-order chi connectivity index (χ0) is 19.4. The fourth-order valence-electron chi connectivity index (χ4n) is 2.99. The average Bonchev–Trinajstić information content (AvgIpc) is 3.18. The SMILES string of the molecule is Cc1ccc(C#Cc2ccc(S(=O)(=O)N3CCC[C@@H]3C(=O)NO)cc2)cc1. The van der Waals surface area contributed by atoms with Crippen molar-refractivity contribution >= 4 is 15.9 Å². The first kappa shape index (κ1) is 19.1. The Morgan fingerprint density at radius 3 is 2.19 bits per heavy atom. The van der Waals surface area contributed by atoms with E-state index in [0.29, 0.717) is 18.4 Å². The molecule has 1 aliphatic heterocycles. The van der Waals surface area contributed by atoms with Crippen molar-refractivity contribution < 1.29 is 18.4 Å². The molecule has 6 nitrogen and oxygen atoms in total. The van der Waals surface area contributed by atoms with Crippen molar-refractivity contribution in [3.63, 3.8) is 0 Å². The minimum atomic E-state index is -3.82. The summed E-state index contributed by atoms with van der Waals surface area (Å²) < 4.78 is 26.8. The molecule has 0 bridgehead atoms. The van der Waals surface area contributed by atoms with Gasteiger partial charge in [0, 0.05) is 17.7 Å². The molecule has 0 saturated carbocycles. The second-order valence-corrected chi connectivity index (χ2v) is 8.28. The number of nitrogens with zero attached hydrogens (tertiary/aromatic N) is 1. The molecule has 27 heavy (non-hydrogen) atoms. The van der Waals surface area contributed by atoms with Crippen molar-refractivity contribution in [1.82, 2.24) is 9.79 Å². The van der Waals surface area contributed by atoms with Gasteiger partial charge in [-0.3, -0.25) is 10.0 Å². The van der Waals surface area contributed by atoms with Crippen LogP contribution in [-0.2, 0) is 14.8 Å². The third-order valence-electron chi connectivity index (χ3n) is 4.48. The lowest BCUT2D eigenvalue weighted by molar-refractivity contribution is -0.132. The summed E-state index contributed by atoms with van der Waals surface area (Å²) in [5.41, 5.74) is 4.28. The first-order chi connectivity index (χ1) is 12.9. The summed E-state index contributed by atoms with van der Waals surface area (Å²) in [6.45, 7) is 2.25. The fourth-order valence-corrected chi connectivity index (χ4v) is 4.65. The van der Waals surface area contributed by atoms with Crippen molar-refractivity contribution in [3.05, 3.63) is 65.2 Å². The van der Waals surface area contributed by atoms with Crippen LogP contribution >= 0.6 is 0 Å². The highest BCUT2D eigenvalue weighted by molar-refractivity contribution is 7.89. The zero-order valence-electron chi connectivity index (χ0n) is 14.8. The number of carbonyl (C=O) groups excluding carboxylic acids is 1. The topological polar surface area (TPSA) is 86.7 Å². The highest BCUT2D eigenvalue weighted by Gasteiger charge is 2.39. The summed E-state index contributed by atoms with van der Waals surface area (Å²) in [5, 5.41) is 8.82. The summed E-state index contributed by atoms with van der Waals surface area (Å²) in [7, 11) is -3.82. The van der Waals surface area contributed by atoms with Gasteiger partial charge in [-0.25, -0.2) is 13.9 Å². The van der Waals surface area contributed by atoms with Gasteiger partial charge in [-0.2, -0.15) is 4.31 Å². The molecule has 1 heterocycles. The molecule has 0 aromatic heterocycles. The summed E-state index contributed by atoms with van der Waals surface area (Å²) in [4.78, 5) is 11.8. The van der Waals surface area contributed by atoms with Crippen LogP contribution in [0.15, 0.2) is 53.4 Å². The average molecular weight is 384 g/mol. The van der Waals surface area contributed by atoms with E-state index < -0.39 is 22.0 Å². The van der Waals surface area contributed by atoms with E-state index in [2.05, 4.69) is 11.8 Å². The Morgan fingerprint density at radius 1 is 1.07 bits per heavy atom. The lowest BCUT2D eigenvalue weighted by Gasteiger charge is -2.22. The number of hydroxylamine groups is 1. The van der Waals surface area contributed by atoms with Crippen LogP contribution in [0.4, 0.5) is 0 Å². The Balaban J connectivity index is 1.80. The molecule has 0 radical (unpaired) electrons. The number of benzene rings is 2. The van der Waals surface area contributed by atoms with Crippen LogP contribution in [0, 0.1) is 18.8 Å². The van der Waals surface area contributed by atoms with Gasteiger partial charge in [0.2, 0.25) is 10.0 Å². The predicted octanol–water partition coefficient (Wildman–Crippen LogP) is 2.05. The van der Waals surface area contributed by atoms with E-state index in [1.807, 2.05) is 31.2 Å². The van der Waals surface area contributed by atoms with Gasteiger partial charge in [-0.05, 0) is 56.2 Å². The third-order valence-corrected chi connectivity index (χ3v) is 6.40. The van der Waals surface area contributed by atoms with Crippen molar-refractivity contribution in [1.29, 1.82) is 0 Å². The standard InChI is InChI=1S/C20H20N2O4S/c1-15-4-6-16(7-5-15)8-9-17-10-12-18(13-11-17)27(25,26)22-14-2-3-19(22)20(23)21-24/h4-7,10-13,19,24H,2-3,14H2,1H3,(H,21,23)/t19-/m1/s1. The predicted molar refractivity (Wildman–Crippen MR) is 100 cm³/mol. The Hall–Kier alpha value is -2.66. The van der Waals surface area contributed by atoms with E-state index in [1.165, 1.54) is 12.1 Å². The first-order valence-electron chi connectivity index (χ1n) is 8.56. The fraction of sp³-hybridized carbons (Fsp3) is 0.250. The summed E-state index contributed by atoms with van der Waals surface area (Å²) in [5.74, 6) is 5.34. The molecule has 0 unspecified atom stereocenters. The van der Waals surface area contributed by atoms with E-state index in [4.69, 9.17) is 5.21 Å². The largest absolute Gasteiger partial charge is 0.289 e. The Kier molecular flexibility index (Phi) is 5.61. The van der Waals surface area contributed by atoms with Crippen molar-refractivity contribution in [2.75, 3.05) is 6.54 Å². The molecule has 0 aliphatic carbocycles. The van der Waals surface area contributed by atoms with Crippen LogP contribution in [0.25, 0.3) is 0 Å². The van der Waals surface area contributed by atoms with Gasteiger partial charge >= 0.3 is 0 Å². The highest BCUT2D eigenvalue weighted by atomic mass is 32.2. The van der Waals surface area contributed by atoms with Crippen LogP contribution in [0.1, 0.15) is 29.5 Å². The van der Waals surface area contributed by atoms with Crippen LogP contribution in [0.2, 0.25) is 0 Å². The quantitative estimate of drug-likeness (QED) is 0.482. The molecular weight excluding hydrogens is 364 g/mol. The smallest absolute Gasteiger partial charge is 0.261 e. The number of amides is 1. The number of hydrogen-bond acceptors (Lipinski definition) is 4. The number of hydrogen-bond donors (Lipinski definition) is 2. The molecule has 1 saturated heterocycles. The molecule has 3 rings (SSSR count). The van der Waals surface area contributed by atoms with E-state index in [9.17, 15) is 13.2 Å². The molecule has 2 aromatic carbocycles. The van der Waals surface area contributed by atoms with Gasteiger partial charge in [0.05, 0.1) is 4.90 Å². The molecule has 1 aliphatic rings. The first-order valence-corrected chi connectivity index (χ1v) is 10.0. The summed E-state index contributed by atoms with van der Waals surface area (Å²) in [6.07, 6.45) is 0.948. The second-order valence-electron chi connectivity index (χ2n) is 6.39. The molecule has 2 aromatic rings. The lowest BCUT2D eigenvalue weighted by atomic mass is 10.1. The van der Waals surface area contributed by atoms with Crippen molar-refractivity contribution in [3.8, 4) is 11.8 Å². The van der Waals surface area contributed by atoms with Gasteiger partial charge in [-0.1, -0.05) is 29.5 Å². The molecule has 1 amide bonds. The van der Waals surface area contributed by atoms with Crippen LogP contribution in [0.5, 0.6) is 0 Å². The van der Waals surface area contributed by atoms with Gasteiger partial charge in [-0.15, -0.1) is 0 Å². The highest BCUT2D eigenvalue weighted by Crippen LogP contribution is 2.26. The molecular formula is C20H20N2O4S. The lowest BCUT2D eigenvalue weighted by Crippen LogP contribution is -2.44. The number of carbonyl (C=O) groups is 1. The van der Waals surface area contributed by atoms with Crippen LogP contribution in [-0.4, -0.2) is 36.4 Å². The number of nitrogens with one attached hydrogen (secondary N) is 1. The molecule has 1 fully saturated rings. The van der Waals surface area contributed by atoms with Crippen LogP contribution < -0.4 is 5.48 Å². The normalized spacial score (nSPS) is 17.2. The summed E-state index contributed by atoms with van der Waals surface area (Å²) in [6, 6.07) is 13.2. The van der Waals surface area contributed by atoms with Crippen LogP contribution in [0.3, 0.4) is 0 Å². The maximum Gasteiger partial charge on any atom is 0.261 e. The van der Waals surface area contributed by atoms with Crippen molar-refractivity contribution in [2.45, 2.75) is 30.7 Å². The Labute approximate surface area is 158 Å². The van der Waals surface area contributed by atoms with E-state index >= 15 is 0 Å². The minimum absolute atomic E-state index is 0.0982. The number of aryl methyl sites for hydroxylation is 1. The van der Waals surface area contributed by atoms with Gasteiger partial charge in [0.1, 0.15) is 6.04 Å². The zero-order valence-corrected chi connectivity index (χ0v) is 15.7. The maximum absolute atomic E-state index is 12.8. The second kappa shape index (κ2) is 7.92. The molecule has 0 spiro atoms. The number of sulfonamides is 1. The number of rotatable bonds is 3. The van der Waals surface area contributed by atoms with Gasteiger partial charge < -0.3 is 0 Å². The molecule has 7 heteroatoms. The van der Waals surface area contributed by atoms with E-state index in [-0.39, 0.29) is 11.4 Å². The molecule has 1 atom stereocenters. The Morgan fingerprint density at radius 2 is 1.63 bits per heavy atom. The van der Waals surface area contributed by atoms with Gasteiger partial charge in [0.25, 0.3) is 5.91 Å². The third kappa shape index (κ3) is 4.19. The van der Waals surface area contributed by atoms with E-state index in [1.54, 1.807) is 17.6 Å². The maximum atomic E-state index is 12.8. The van der Waals surface area contributed by atoms with E-state index in [0.717, 1.165) is 15.4 Å². The molecule has 140 valence electrons. The van der Waals surface area contributed by atoms with Gasteiger partial charge in [0.15, 0.2) is 0 Å². The van der Waals surface area contributed by atoms with Crippen molar-refractivity contribution in [2.24, 2.45) is 0 Å². The minimum Gasteiger partial charge on any atom is -0.289 e. The monoisotopic (exact) mass is 384 g/mol.